The summed E-state index contributed by atoms with van der Waals surface area (Å²) in [6.45, 7) is 2.90. The predicted octanol–water partition coefficient (Wildman–Crippen LogP) is 3.33. The molecule has 0 atom stereocenters. The van der Waals surface area contributed by atoms with Gasteiger partial charge in [0, 0.05) is 12.1 Å². The SMILES string of the molecule is CCCCCCCOC(=O)CCNC(=O)c1cccc(OC)c1. The number of benzene rings is 1. The van der Waals surface area contributed by atoms with Crippen molar-refractivity contribution in [2.75, 3.05) is 20.3 Å². The zero-order chi connectivity index (χ0) is 16.9. The molecule has 5 heteroatoms. The maximum absolute atomic E-state index is 11.9. The molecule has 0 heterocycles. The fourth-order valence-electron chi connectivity index (χ4n) is 2.11. The number of carbonyl (C=O) groups excluding carboxylic acids is 2. The third-order valence-corrected chi connectivity index (χ3v) is 3.46. The topological polar surface area (TPSA) is 64.6 Å². The number of hydrogen-bond donors (Lipinski definition) is 1. The minimum Gasteiger partial charge on any atom is -0.497 e. The van der Waals surface area contributed by atoms with Gasteiger partial charge < -0.3 is 14.8 Å². The van der Waals surface area contributed by atoms with Gasteiger partial charge in [-0.05, 0) is 24.6 Å². The van der Waals surface area contributed by atoms with Crippen molar-refractivity contribution in [3.8, 4) is 5.75 Å². The van der Waals surface area contributed by atoms with Crippen LogP contribution in [0.3, 0.4) is 0 Å². The van der Waals surface area contributed by atoms with E-state index in [1.807, 2.05) is 0 Å². The summed E-state index contributed by atoms with van der Waals surface area (Å²) in [6, 6.07) is 6.88. The molecule has 1 N–H and O–H groups in total. The molecule has 1 aromatic rings. The summed E-state index contributed by atoms with van der Waals surface area (Å²) in [7, 11) is 1.55. The molecule has 0 fully saturated rings. The van der Waals surface area contributed by atoms with Gasteiger partial charge in [-0.25, -0.2) is 0 Å². The summed E-state index contributed by atoms with van der Waals surface area (Å²) < 4.78 is 10.2. The highest BCUT2D eigenvalue weighted by Crippen LogP contribution is 2.12. The molecule has 1 amide bonds. The Kier molecular flexibility index (Phi) is 9.52. The number of rotatable bonds is 11. The van der Waals surface area contributed by atoms with Crippen LogP contribution < -0.4 is 10.1 Å². The van der Waals surface area contributed by atoms with Crippen molar-refractivity contribution in [3.63, 3.8) is 0 Å². The lowest BCUT2D eigenvalue weighted by atomic mass is 10.2. The zero-order valence-corrected chi connectivity index (χ0v) is 14.1. The Morgan fingerprint density at radius 3 is 2.65 bits per heavy atom. The van der Waals surface area contributed by atoms with Crippen LogP contribution in [-0.2, 0) is 9.53 Å². The van der Waals surface area contributed by atoms with E-state index >= 15 is 0 Å². The monoisotopic (exact) mass is 321 g/mol. The molecule has 128 valence electrons. The first kappa shape index (κ1) is 19.0. The van der Waals surface area contributed by atoms with Crippen LogP contribution in [0.25, 0.3) is 0 Å². The van der Waals surface area contributed by atoms with Gasteiger partial charge in [0.25, 0.3) is 5.91 Å². The molecule has 0 aliphatic carbocycles. The summed E-state index contributed by atoms with van der Waals surface area (Å²) in [5.74, 6) is 0.128. The van der Waals surface area contributed by atoms with E-state index in [0.29, 0.717) is 17.9 Å². The molecule has 0 spiro atoms. The minimum atomic E-state index is -0.272. The Bertz CT molecular complexity index is 488. The van der Waals surface area contributed by atoms with Crippen molar-refractivity contribution < 1.29 is 19.1 Å². The van der Waals surface area contributed by atoms with E-state index in [1.165, 1.54) is 19.3 Å². The standard InChI is InChI=1S/C18H27NO4/c1-3-4-5-6-7-13-23-17(20)11-12-19-18(21)15-9-8-10-16(14-15)22-2/h8-10,14H,3-7,11-13H2,1-2H3,(H,19,21). The van der Waals surface area contributed by atoms with Crippen molar-refractivity contribution in [3.05, 3.63) is 29.8 Å². The molecule has 23 heavy (non-hydrogen) atoms. The first-order valence-electron chi connectivity index (χ1n) is 8.25. The van der Waals surface area contributed by atoms with Gasteiger partial charge in [0.05, 0.1) is 20.1 Å². The first-order chi connectivity index (χ1) is 11.2. The number of esters is 1. The maximum atomic E-state index is 11.9. The third kappa shape index (κ3) is 8.24. The summed E-state index contributed by atoms with van der Waals surface area (Å²) in [5.41, 5.74) is 0.508. The number of carbonyl (C=O) groups is 2. The second-order valence-corrected chi connectivity index (χ2v) is 5.37. The summed E-state index contributed by atoms with van der Waals surface area (Å²) >= 11 is 0. The number of unbranched alkanes of at least 4 members (excludes halogenated alkanes) is 4. The third-order valence-electron chi connectivity index (χ3n) is 3.46. The molecule has 1 aromatic carbocycles. The van der Waals surface area contributed by atoms with Gasteiger partial charge in [-0.1, -0.05) is 38.7 Å². The highest BCUT2D eigenvalue weighted by atomic mass is 16.5. The van der Waals surface area contributed by atoms with Crippen LogP contribution in [-0.4, -0.2) is 32.1 Å². The van der Waals surface area contributed by atoms with Crippen LogP contribution in [0.2, 0.25) is 0 Å². The van der Waals surface area contributed by atoms with Crippen LogP contribution in [0.4, 0.5) is 0 Å². The van der Waals surface area contributed by atoms with Gasteiger partial charge >= 0.3 is 5.97 Å². The average molecular weight is 321 g/mol. The van der Waals surface area contributed by atoms with E-state index < -0.39 is 0 Å². The maximum Gasteiger partial charge on any atom is 0.307 e. The van der Waals surface area contributed by atoms with E-state index in [1.54, 1.807) is 31.4 Å². The van der Waals surface area contributed by atoms with Crippen LogP contribution in [0.15, 0.2) is 24.3 Å². The van der Waals surface area contributed by atoms with Gasteiger partial charge in [-0.15, -0.1) is 0 Å². The highest BCUT2D eigenvalue weighted by molar-refractivity contribution is 5.94. The quantitative estimate of drug-likeness (QED) is 0.501. The molecule has 0 bridgehead atoms. The van der Waals surface area contributed by atoms with Crippen LogP contribution >= 0.6 is 0 Å². The van der Waals surface area contributed by atoms with Gasteiger partial charge in [0.1, 0.15) is 5.75 Å². The number of ether oxygens (including phenoxy) is 2. The van der Waals surface area contributed by atoms with E-state index in [-0.39, 0.29) is 24.8 Å². The van der Waals surface area contributed by atoms with Crippen LogP contribution in [0.1, 0.15) is 55.8 Å². The van der Waals surface area contributed by atoms with Crippen molar-refractivity contribution in [1.29, 1.82) is 0 Å². The van der Waals surface area contributed by atoms with Crippen LogP contribution in [0, 0.1) is 0 Å². The van der Waals surface area contributed by atoms with Crippen molar-refractivity contribution in [2.45, 2.75) is 45.4 Å². The van der Waals surface area contributed by atoms with Crippen molar-refractivity contribution in [1.82, 2.24) is 5.32 Å². The van der Waals surface area contributed by atoms with Crippen molar-refractivity contribution >= 4 is 11.9 Å². The molecule has 0 saturated carbocycles. The average Bonchev–Trinajstić information content (AvgIpc) is 2.58. The smallest absolute Gasteiger partial charge is 0.307 e. The predicted molar refractivity (Wildman–Crippen MR) is 89.7 cm³/mol. The largest absolute Gasteiger partial charge is 0.497 e. The molecule has 0 saturated heterocycles. The molecular formula is C18H27NO4. The number of nitrogens with one attached hydrogen (secondary N) is 1. The Balaban J connectivity index is 2.15. The molecular weight excluding hydrogens is 294 g/mol. The number of amides is 1. The molecule has 5 nitrogen and oxygen atoms in total. The normalized spacial score (nSPS) is 10.2. The highest BCUT2D eigenvalue weighted by Gasteiger charge is 2.08. The Morgan fingerprint density at radius 2 is 1.91 bits per heavy atom. The number of hydrogen-bond acceptors (Lipinski definition) is 4. The van der Waals surface area contributed by atoms with E-state index in [9.17, 15) is 9.59 Å². The minimum absolute atomic E-state index is 0.185. The molecule has 1 rings (SSSR count). The molecule has 0 radical (unpaired) electrons. The van der Waals surface area contributed by atoms with Gasteiger partial charge in [0.15, 0.2) is 0 Å². The lowest BCUT2D eigenvalue weighted by Gasteiger charge is -2.07. The molecule has 0 unspecified atom stereocenters. The van der Waals surface area contributed by atoms with Crippen molar-refractivity contribution in [2.24, 2.45) is 0 Å². The fourth-order valence-corrected chi connectivity index (χ4v) is 2.11. The van der Waals surface area contributed by atoms with Crippen LogP contribution in [0.5, 0.6) is 5.75 Å². The Morgan fingerprint density at radius 1 is 1.13 bits per heavy atom. The lowest BCUT2D eigenvalue weighted by molar-refractivity contribution is -0.143. The van der Waals surface area contributed by atoms with E-state index in [2.05, 4.69) is 12.2 Å². The zero-order valence-electron chi connectivity index (χ0n) is 14.1. The Hall–Kier alpha value is -2.04. The van der Waals surface area contributed by atoms with Gasteiger partial charge in [-0.2, -0.15) is 0 Å². The molecule has 0 aliphatic rings. The molecule has 0 aliphatic heterocycles. The second kappa shape index (κ2) is 11.5. The summed E-state index contributed by atoms with van der Waals surface area (Å²) in [6.07, 6.45) is 5.79. The van der Waals surface area contributed by atoms with Gasteiger partial charge in [-0.3, -0.25) is 9.59 Å². The first-order valence-corrected chi connectivity index (χ1v) is 8.25. The van der Waals surface area contributed by atoms with E-state index in [4.69, 9.17) is 9.47 Å². The fraction of sp³-hybridized carbons (Fsp3) is 0.556. The summed E-state index contributed by atoms with van der Waals surface area (Å²) in [5, 5.41) is 2.70. The van der Waals surface area contributed by atoms with E-state index in [0.717, 1.165) is 12.8 Å². The Labute approximate surface area is 138 Å². The number of methoxy groups -OCH3 is 1. The summed E-state index contributed by atoms with van der Waals surface area (Å²) in [4.78, 5) is 23.5. The lowest BCUT2D eigenvalue weighted by Crippen LogP contribution is -2.26. The second-order valence-electron chi connectivity index (χ2n) is 5.37. The molecule has 0 aromatic heterocycles. The van der Waals surface area contributed by atoms with Gasteiger partial charge in [0.2, 0.25) is 0 Å².